The molecule has 0 radical (unpaired) electrons. The lowest BCUT2D eigenvalue weighted by Crippen LogP contribution is -2.41. The van der Waals surface area contributed by atoms with Crippen LogP contribution in [0, 0.1) is 0 Å². The Morgan fingerprint density at radius 2 is 1.89 bits per heavy atom. The van der Waals surface area contributed by atoms with Crippen LogP contribution in [-0.4, -0.2) is 29.4 Å². The first-order valence-corrected chi connectivity index (χ1v) is 10.2. The molecule has 28 heavy (non-hydrogen) atoms. The number of hydrogen-bond acceptors (Lipinski definition) is 4. The summed E-state index contributed by atoms with van der Waals surface area (Å²) in [7, 11) is 0. The molecule has 0 spiro atoms. The number of aryl methyl sites for hydroxylation is 1. The monoisotopic (exact) mass is 447 g/mol. The van der Waals surface area contributed by atoms with E-state index >= 15 is 0 Å². The van der Waals surface area contributed by atoms with Gasteiger partial charge in [0.25, 0.3) is 0 Å². The Labute approximate surface area is 174 Å². The van der Waals surface area contributed by atoms with Crippen molar-refractivity contribution < 1.29 is 19.4 Å². The number of carbonyl (C=O) groups is 1. The summed E-state index contributed by atoms with van der Waals surface area (Å²) >= 11 is 3.51. The topological polar surface area (TPSA) is 67.8 Å². The quantitative estimate of drug-likeness (QED) is 0.579. The van der Waals surface area contributed by atoms with Crippen molar-refractivity contribution in [3.05, 3.63) is 57.6 Å². The molecule has 2 aromatic carbocycles. The van der Waals surface area contributed by atoms with E-state index in [0.717, 1.165) is 45.5 Å². The maximum atomic E-state index is 11.9. The largest absolute Gasteiger partial charge is 0.457 e. The molecule has 0 fully saturated rings. The minimum atomic E-state index is -0.562. The van der Waals surface area contributed by atoms with Gasteiger partial charge in [-0.2, -0.15) is 0 Å². The first kappa shape index (κ1) is 20.7. The number of aliphatic hydroxyl groups is 1. The number of nitrogens with one attached hydrogen (secondary N) is 1. The third-order valence-electron chi connectivity index (χ3n) is 4.47. The number of alkyl carbamates (subject to hydrolysis) is 1. The predicted octanol–water partition coefficient (Wildman–Crippen LogP) is 4.96. The molecule has 1 aliphatic rings. The van der Waals surface area contributed by atoms with Crippen molar-refractivity contribution in [3.63, 3.8) is 0 Å². The lowest BCUT2D eigenvalue weighted by Gasteiger charge is -2.23. The molecular formula is C22H26BrNO4. The molecule has 1 aliphatic heterocycles. The lowest BCUT2D eigenvalue weighted by molar-refractivity contribution is 0.0479. The van der Waals surface area contributed by atoms with E-state index in [0.29, 0.717) is 6.42 Å². The Morgan fingerprint density at radius 1 is 1.21 bits per heavy atom. The molecular weight excluding hydrogens is 422 g/mol. The highest BCUT2D eigenvalue weighted by atomic mass is 79.9. The molecule has 3 rings (SSSR count). The van der Waals surface area contributed by atoms with Crippen LogP contribution in [0.3, 0.4) is 0 Å². The number of halogens is 1. The highest BCUT2D eigenvalue weighted by Gasteiger charge is 2.20. The lowest BCUT2D eigenvalue weighted by atomic mass is 9.96. The number of carbonyl (C=O) groups excluding carboxylic acids is 1. The predicted molar refractivity (Wildman–Crippen MR) is 112 cm³/mol. The van der Waals surface area contributed by atoms with E-state index in [1.165, 1.54) is 0 Å². The van der Waals surface area contributed by atoms with Gasteiger partial charge in [-0.05, 0) is 69.0 Å². The first-order chi connectivity index (χ1) is 13.2. The standard InChI is InChI=1S/C22H26BrNO4/c1-22(2,3)28-21(26)24-18(13-25)7-4-14-5-8-19-15(10-14)11-16-12-17(23)6-9-20(16)27-19/h5-6,8-10,12,18,25H,4,7,11,13H2,1-3H3,(H,24,26). The van der Waals surface area contributed by atoms with E-state index in [9.17, 15) is 9.90 Å². The average Bonchev–Trinajstić information content (AvgIpc) is 2.61. The van der Waals surface area contributed by atoms with Crippen molar-refractivity contribution in [3.8, 4) is 11.5 Å². The number of ether oxygens (including phenoxy) is 2. The van der Waals surface area contributed by atoms with Gasteiger partial charge in [-0.3, -0.25) is 0 Å². The van der Waals surface area contributed by atoms with Crippen molar-refractivity contribution in [2.75, 3.05) is 6.61 Å². The SMILES string of the molecule is CC(C)(C)OC(=O)NC(CO)CCc1ccc2c(c1)Cc1cc(Br)ccc1O2. The molecule has 1 heterocycles. The zero-order valence-corrected chi connectivity index (χ0v) is 18.0. The number of aliphatic hydroxyl groups excluding tert-OH is 1. The van der Waals surface area contributed by atoms with Gasteiger partial charge in [0, 0.05) is 16.5 Å². The summed E-state index contributed by atoms with van der Waals surface area (Å²) in [5, 5.41) is 12.3. The fourth-order valence-corrected chi connectivity index (χ4v) is 3.57. The van der Waals surface area contributed by atoms with Crippen LogP contribution in [0.15, 0.2) is 40.9 Å². The van der Waals surface area contributed by atoms with Gasteiger partial charge in [0.15, 0.2) is 0 Å². The molecule has 0 saturated carbocycles. The van der Waals surface area contributed by atoms with E-state index in [4.69, 9.17) is 9.47 Å². The van der Waals surface area contributed by atoms with Crippen molar-refractivity contribution >= 4 is 22.0 Å². The Kier molecular flexibility index (Phi) is 6.30. The Bertz CT molecular complexity index is 860. The third kappa shape index (κ3) is 5.49. The molecule has 150 valence electrons. The molecule has 0 bridgehead atoms. The minimum absolute atomic E-state index is 0.130. The molecule has 2 N–H and O–H groups in total. The molecule has 6 heteroatoms. The maximum Gasteiger partial charge on any atom is 0.407 e. The summed E-state index contributed by atoms with van der Waals surface area (Å²) < 4.78 is 12.3. The van der Waals surface area contributed by atoms with Gasteiger partial charge >= 0.3 is 6.09 Å². The molecule has 0 saturated heterocycles. The van der Waals surface area contributed by atoms with Crippen LogP contribution in [-0.2, 0) is 17.6 Å². The minimum Gasteiger partial charge on any atom is -0.457 e. The summed E-state index contributed by atoms with van der Waals surface area (Å²) in [6.45, 7) is 5.31. The molecule has 1 amide bonds. The number of benzene rings is 2. The second kappa shape index (κ2) is 8.53. The molecule has 5 nitrogen and oxygen atoms in total. The van der Waals surface area contributed by atoms with Gasteiger partial charge in [-0.25, -0.2) is 4.79 Å². The van der Waals surface area contributed by atoms with E-state index < -0.39 is 11.7 Å². The normalized spacial score (nSPS) is 13.8. The fourth-order valence-electron chi connectivity index (χ4n) is 3.16. The third-order valence-corrected chi connectivity index (χ3v) is 4.96. The van der Waals surface area contributed by atoms with Crippen molar-refractivity contribution in [1.29, 1.82) is 0 Å². The summed E-state index contributed by atoms with van der Waals surface area (Å²) in [5.41, 5.74) is 2.88. The average molecular weight is 448 g/mol. The van der Waals surface area contributed by atoms with Crippen molar-refractivity contribution in [2.24, 2.45) is 0 Å². The molecule has 0 aliphatic carbocycles. The van der Waals surface area contributed by atoms with E-state index in [2.05, 4.69) is 33.4 Å². The van der Waals surface area contributed by atoms with Crippen LogP contribution in [0.2, 0.25) is 0 Å². The summed E-state index contributed by atoms with van der Waals surface area (Å²) in [4.78, 5) is 11.9. The highest BCUT2D eigenvalue weighted by molar-refractivity contribution is 9.10. The molecule has 2 aromatic rings. The van der Waals surface area contributed by atoms with Crippen LogP contribution in [0.25, 0.3) is 0 Å². The smallest absolute Gasteiger partial charge is 0.407 e. The van der Waals surface area contributed by atoms with Crippen LogP contribution >= 0.6 is 15.9 Å². The summed E-state index contributed by atoms with van der Waals surface area (Å²) in [6.07, 6.45) is 1.67. The van der Waals surface area contributed by atoms with E-state index in [-0.39, 0.29) is 12.6 Å². The molecule has 1 atom stereocenters. The van der Waals surface area contributed by atoms with Crippen LogP contribution in [0.4, 0.5) is 4.79 Å². The first-order valence-electron chi connectivity index (χ1n) is 9.42. The van der Waals surface area contributed by atoms with Crippen LogP contribution < -0.4 is 10.1 Å². The van der Waals surface area contributed by atoms with Gasteiger partial charge in [0.05, 0.1) is 12.6 Å². The van der Waals surface area contributed by atoms with Gasteiger partial charge in [0.1, 0.15) is 17.1 Å². The Hall–Kier alpha value is -2.05. The van der Waals surface area contributed by atoms with Crippen LogP contribution in [0.1, 0.15) is 43.9 Å². The molecule has 0 aromatic heterocycles. The van der Waals surface area contributed by atoms with Crippen molar-refractivity contribution in [1.82, 2.24) is 5.32 Å². The molecule has 1 unspecified atom stereocenters. The Balaban J connectivity index is 1.61. The van der Waals surface area contributed by atoms with Gasteiger partial charge in [-0.15, -0.1) is 0 Å². The highest BCUT2D eigenvalue weighted by Crippen LogP contribution is 2.38. The van der Waals surface area contributed by atoms with Crippen LogP contribution in [0.5, 0.6) is 11.5 Å². The number of hydrogen-bond donors (Lipinski definition) is 2. The number of amides is 1. The second-order valence-electron chi connectivity index (χ2n) is 8.04. The van der Waals surface area contributed by atoms with E-state index in [1.54, 1.807) is 0 Å². The van der Waals surface area contributed by atoms with Gasteiger partial charge in [-0.1, -0.05) is 28.1 Å². The number of rotatable bonds is 5. The Morgan fingerprint density at radius 3 is 2.57 bits per heavy atom. The summed E-state index contributed by atoms with van der Waals surface area (Å²) in [6, 6.07) is 11.8. The zero-order chi connectivity index (χ0) is 20.3. The van der Waals surface area contributed by atoms with E-state index in [1.807, 2.05) is 45.0 Å². The van der Waals surface area contributed by atoms with Crippen molar-refractivity contribution in [2.45, 2.75) is 51.7 Å². The fraction of sp³-hybridized carbons (Fsp3) is 0.409. The second-order valence-corrected chi connectivity index (χ2v) is 8.95. The maximum absolute atomic E-state index is 11.9. The summed E-state index contributed by atoms with van der Waals surface area (Å²) in [5.74, 6) is 1.77. The number of fused-ring (bicyclic) bond motifs is 2. The van der Waals surface area contributed by atoms with Gasteiger partial charge < -0.3 is 19.9 Å². The zero-order valence-electron chi connectivity index (χ0n) is 16.4. The van der Waals surface area contributed by atoms with Gasteiger partial charge in [0.2, 0.25) is 0 Å².